The minimum Gasteiger partial charge on any atom is -0.341 e. The molecule has 1 saturated heterocycles. The molecule has 1 amide bonds. The van der Waals surface area contributed by atoms with Crippen molar-refractivity contribution in [3.8, 4) is 5.69 Å². The second kappa shape index (κ2) is 8.55. The zero-order chi connectivity index (χ0) is 17.9. The number of aromatic nitrogens is 2. The Kier molecular flexibility index (Phi) is 6.14. The van der Waals surface area contributed by atoms with Gasteiger partial charge in [-0.15, -0.1) is 12.4 Å². The van der Waals surface area contributed by atoms with Gasteiger partial charge in [0.2, 0.25) is 5.91 Å². The number of hydrogen-bond donors (Lipinski definition) is 1. The molecule has 2 heterocycles. The SMILES string of the molecule is CN(C(=O)CCc1nc2ccccc2n1-c1ccccc1)C1CCNC1.Cl. The molecule has 1 unspecified atom stereocenters. The van der Waals surface area contributed by atoms with Crippen molar-refractivity contribution in [2.75, 3.05) is 20.1 Å². The van der Waals surface area contributed by atoms with Gasteiger partial charge in [0.05, 0.1) is 11.0 Å². The normalized spacial score (nSPS) is 16.3. The number of likely N-dealkylation sites (N-methyl/N-ethyl adjacent to an activating group) is 1. The fraction of sp³-hybridized carbons (Fsp3) is 0.333. The average molecular weight is 385 g/mol. The van der Waals surface area contributed by atoms with Crippen molar-refractivity contribution in [3.05, 3.63) is 60.4 Å². The fourth-order valence-electron chi connectivity index (χ4n) is 3.68. The molecule has 1 fully saturated rings. The first kappa shape index (κ1) is 19.4. The Morgan fingerprint density at radius 2 is 1.93 bits per heavy atom. The number of benzene rings is 2. The number of nitrogens with zero attached hydrogens (tertiary/aromatic N) is 3. The van der Waals surface area contributed by atoms with E-state index in [-0.39, 0.29) is 18.3 Å². The van der Waals surface area contributed by atoms with Crippen LogP contribution in [0.1, 0.15) is 18.7 Å². The van der Waals surface area contributed by atoms with Crippen molar-refractivity contribution in [3.63, 3.8) is 0 Å². The highest BCUT2D eigenvalue weighted by atomic mass is 35.5. The largest absolute Gasteiger partial charge is 0.341 e. The zero-order valence-corrected chi connectivity index (χ0v) is 16.3. The molecule has 27 heavy (non-hydrogen) atoms. The molecular formula is C21H25ClN4O. The highest BCUT2D eigenvalue weighted by molar-refractivity contribution is 5.85. The van der Waals surface area contributed by atoms with Crippen molar-refractivity contribution < 1.29 is 4.79 Å². The molecule has 0 spiro atoms. The van der Waals surface area contributed by atoms with Crippen LogP contribution in [0.2, 0.25) is 0 Å². The van der Waals surface area contributed by atoms with Crippen LogP contribution < -0.4 is 5.32 Å². The lowest BCUT2D eigenvalue weighted by Gasteiger charge is -2.23. The van der Waals surface area contributed by atoms with Gasteiger partial charge in [-0.1, -0.05) is 30.3 Å². The standard InChI is InChI=1S/C21H24N4O.ClH/c1-24(17-13-14-22-15-17)21(26)12-11-20-23-18-9-5-6-10-19(18)25(20)16-7-3-2-4-8-16;/h2-10,17,22H,11-15H2,1H3;1H. The van der Waals surface area contributed by atoms with E-state index < -0.39 is 0 Å². The lowest BCUT2D eigenvalue weighted by molar-refractivity contribution is -0.131. The lowest BCUT2D eigenvalue weighted by Crippen LogP contribution is -2.38. The van der Waals surface area contributed by atoms with Gasteiger partial charge < -0.3 is 10.2 Å². The molecule has 1 aliphatic rings. The number of carbonyl (C=O) groups excluding carboxylic acids is 1. The third kappa shape index (κ3) is 3.99. The third-order valence-electron chi connectivity index (χ3n) is 5.18. The van der Waals surface area contributed by atoms with Crippen LogP contribution in [0.4, 0.5) is 0 Å². The first-order valence-electron chi connectivity index (χ1n) is 9.22. The summed E-state index contributed by atoms with van der Waals surface area (Å²) in [6.45, 7) is 1.89. The summed E-state index contributed by atoms with van der Waals surface area (Å²) in [5.41, 5.74) is 3.12. The Bertz CT molecular complexity index is 903. The third-order valence-corrected chi connectivity index (χ3v) is 5.18. The number of hydrogen-bond acceptors (Lipinski definition) is 3. The maximum absolute atomic E-state index is 12.6. The number of aryl methyl sites for hydroxylation is 1. The number of para-hydroxylation sites is 3. The molecule has 0 aliphatic carbocycles. The second-order valence-electron chi connectivity index (χ2n) is 6.84. The molecule has 3 aromatic rings. The van der Waals surface area contributed by atoms with E-state index in [1.54, 1.807) is 0 Å². The van der Waals surface area contributed by atoms with Crippen LogP contribution in [0.25, 0.3) is 16.7 Å². The van der Waals surface area contributed by atoms with Gasteiger partial charge in [-0.05, 0) is 37.2 Å². The minimum atomic E-state index is 0. The number of nitrogens with one attached hydrogen (secondary N) is 1. The van der Waals surface area contributed by atoms with Gasteiger partial charge >= 0.3 is 0 Å². The summed E-state index contributed by atoms with van der Waals surface area (Å²) in [5.74, 6) is 1.12. The van der Waals surface area contributed by atoms with Gasteiger partial charge in [-0.25, -0.2) is 4.98 Å². The summed E-state index contributed by atoms with van der Waals surface area (Å²) in [7, 11) is 1.92. The molecule has 1 aliphatic heterocycles. The van der Waals surface area contributed by atoms with E-state index >= 15 is 0 Å². The van der Waals surface area contributed by atoms with Gasteiger partial charge in [0.1, 0.15) is 5.82 Å². The molecule has 0 saturated carbocycles. The van der Waals surface area contributed by atoms with Crippen LogP contribution >= 0.6 is 12.4 Å². The van der Waals surface area contributed by atoms with Crippen LogP contribution in [0.3, 0.4) is 0 Å². The van der Waals surface area contributed by atoms with Gasteiger partial charge in [-0.2, -0.15) is 0 Å². The summed E-state index contributed by atoms with van der Waals surface area (Å²) >= 11 is 0. The van der Waals surface area contributed by atoms with Gasteiger partial charge in [-0.3, -0.25) is 9.36 Å². The van der Waals surface area contributed by atoms with Crippen molar-refractivity contribution >= 4 is 29.3 Å². The maximum atomic E-state index is 12.6. The van der Waals surface area contributed by atoms with E-state index in [9.17, 15) is 4.79 Å². The first-order valence-corrected chi connectivity index (χ1v) is 9.22. The first-order chi connectivity index (χ1) is 12.7. The second-order valence-corrected chi connectivity index (χ2v) is 6.84. The van der Waals surface area contributed by atoms with E-state index in [1.807, 2.05) is 48.3 Å². The molecule has 5 nitrogen and oxygen atoms in total. The molecule has 1 aromatic heterocycles. The molecule has 1 atom stereocenters. The molecule has 142 valence electrons. The van der Waals surface area contributed by atoms with Crippen molar-refractivity contribution in [2.24, 2.45) is 0 Å². The number of rotatable bonds is 5. The molecule has 1 N–H and O–H groups in total. The Hall–Kier alpha value is -2.37. The van der Waals surface area contributed by atoms with Crippen LogP contribution in [-0.2, 0) is 11.2 Å². The number of halogens is 1. The van der Waals surface area contributed by atoms with Crippen LogP contribution in [0, 0.1) is 0 Å². The van der Waals surface area contributed by atoms with E-state index in [1.165, 1.54) is 0 Å². The molecule has 2 aromatic carbocycles. The molecule has 0 bridgehead atoms. The summed E-state index contributed by atoms with van der Waals surface area (Å²) in [5, 5.41) is 3.32. The van der Waals surface area contributed by atoms with Crippen molar-refractivity contribution in [1.29, 1.82) is 0 Å². The van der Waals surface area contributed by atoms with Crippen molar-refractivity contribution in [1.82, 2.24) is 19.8 Å². The topological polar surface area (TPSA) is 50.2 Å². The molecule has 4 rings (SSSR count). The Morgan fingerprint density at radius 3 is 2.67 bits per heavy atom. The van der Waals surface area contributed by atoms with Crippen LogP contribution in [0.5, 0.6) is 0 Å². The van der Waals surface area contributed by atoms with Crippen LogP contribution in [0.15, 0.2) is 54.6 Å². The fourth-order valence-corrected chi connectivity index (χ4v) is 3.68. The number of imidazole rings is 1. The average Bonchev–Trinajstić information content (AvgIpc) is 3.33. The van der Waals surface area contributed by atoms with E-state index in [0.717, 1.165) is 42.1 Å². The van der Waals surface area contributed by atoms with Gasteiger partial charge in [0.15, 0.2) is 0 Å². The summed E-state index contributed by atoms with van der Waals surface area (Å²) < 4.78 is 2.17. The van der Waals surface area contributed by atoms with E-state index in [0.29, 0.717) is 18.9 Å². The summed E-state index contributed by atoms with van der Waals surface area (Å²) in [6, 6.07) is 18.7. The predicted octanol–water partition coefficient (Wildman–Crippen LogP) is 3.20. The van der Waals surface area contributed by atoms with E-state index in [4.69, 9.17) is 4.98 Å². The summed E-state index contributed by atoms with van der Waals surface area (Å²) in [6.07, 6.45) is 2.14. The van der Waals surface area contributed by atoms with E-state index in [2.05, 4.69) is 28.1 Å². The minimum absolute atomic E-state index is 0. The smallest absolute Gasteiger partial charge is 0.223 e. The molecule has 0 radical (unpaired) electrons. The summed E-state index contributed by atoms with van der Waals surface area (Å²) in [4.78, 5) is 19.3. The number of amides is 1. The monoisotopic (exact) mass is 384 g/mol. The highest BCUT2D eigenvalue weighted by Gasteiger charge is 2.23. The quantitative estimate of drug-likeness (QED) is 0.734. The molecule has 6 heteroatoms. The Morgan fingerprint density at radius 1 is 1.19 bits per heavy atom. The Balaban J connectivity index is 0.00000210. The van der Waals surface area contributed by atoms with Crippen molar-refractivity contribution in [2.45, 2.75) is 25.3 Å². The van der Waals surface area contributed by atoms with Crippen LogP contribution in [-0.4, -0.2) is 46.5 Å². The van der Waals surface area contributed by atoms with Gasteiger partial charge in [0.25, 0.3) is 0 Å². The molecular weight excluding hydrogens is 360 g/mol. The zero-order valence-electron chi connectivity index (χ0n) is 15.5. The maximum Gasteiger partial charge on any atom is 0.223 e. The number of carbonyl (C=O) groups is 1. The lowest BCUT2D eigenvalue weighted by atomic mass is 10.2. The Labute approximate surface area is 165 Å². The highest BCUT2D eigenvalue weighted by Crippen LogP contribution is 2.22. The number of fused-ring (bicyclic) bond motifs is 1. The van der Waals surface area contributed by atoms with Gasteiger partial charge in [0, 0.05) is 38.2 Å². The predicted molar refractivity (Wildman–Crippen MR) is 111 cm³/mol.